The summed E-state index contributed by atoms with van der Waals surface area (Å²) < 4.78 is 20.7. The summed E-state index contributed by atoms with van der Waals surface area (Å²) in [6, 6.07) is 19.8. The summed E-state index contributed by atoms with van der Waals surface area (Å²) in [5.74, 6) is 0.381. The van der Waals surface area contributed by atoms with Gasteiger partial charge in [0.2, 0.25) is 5.91 Å². The number of hydrogen-bond donors (Lipinski definition) is 1. The Kier molecular flexibility index (Phi) is 10.5. The first-order chi connectivity index (χ1) is 21.5. The molecule has 5 rings (SSSR count). The molecule has 0 bridgehead atoms. The van der Waals surface area contributed by atoms with Crippen molar-refractivity contribution < 1.29 is 19.0 Å². The van der Waals surface area contributed by atoms with Gasteiger partial charge in [0.1, 0.15) is 12.4 Å². The SMILES string of the molecule is CC(C)(Cc1c(SC(C)(C)C)c2cc(OCc3ccccn3)ccc2n1Cc1ccc(C(N)=O)cc1)OCCN1CCOCC1. The number of rotatable bonds is 13. The second-order valence-corrected chi connectivity index (χ2v) is 15.0. The summed E-state index contributed by atoms with van der Waals surface area (Å²) in [4.78, 5) is 19.8. The smallest absolute Gasteiger partial charge is 0.248 e. The maximum absolute atomic E-state index is 11.7. The number of primary amides is 1. The van der Waals surface area contributed by atoms with Crippen molar-refractivity contribution in [1.29, 1.82) is 0 Å². The maximum Gasteiger partial charge on any atom is 0.248 e. The molecule has 2 aromatic heterocycles. The Morgan fingerprint density at radius 1 is 1.02 bits per heavy atom. The number of thioether (sulfide) groups is 1. The van der Waals surface area contributed by atoms with Crippen LogP contribution in [0, 0.1) is 0 Å². The van der Waals surface area contributed by atoms with E-state index in [1.165, 1.54) is 10.6 Å². The Balaban J connectivity index is 1.51. The van der Waals surface area contributed by atoms with E-state index in [0.29, 0.717) is 25.3 Å². The Morgan fingerprint density at radius 2 is 1.78 bits per heavy atom. The molecule has 2 N–H and O–H groups in total. The van der Waals surface area contributed by atoms with Crippen LogP contribution in [0.4, 0.5) is 0 Å². The number of nitrogens with zero attached hydrogens (tertiary/aromatic N) is 3. The quantitative estimate of drug-likeness (QED) is 0.173. The molecule has 8 nitrogen and oxygen atoms in total. The van der Waals surface area contributed by atoms with E-state index in [1.54, 1.807) is 18.3 Å². The predicted molar refractivity (Wildman–Crippen MR) is 181 cm³/mol. The normalized spacial score (nSPS) is 14.6. The van der Waals surface area contributed by atoms with Gasteiger partial charge in [0.15, 0.2) is 0 Å². The van der Waals surface area contributed by atoms with Gasteiger partial charge in [-0.25, -0.2) is 0 Å². The van der Waals surface area contributed by atoms with Crippen molar-refractivity contribution in [3.8, 4) is 5.75 Å². The van der Waals surface area contributed by atoms with Gasteiger partial charge < -0.3 is 24.5 Å². The molecular formula is C36H46N4O4S. The fraction of sp³-hybridized carbons (Fsp3) is 0.444. The molecule has 0 unspecified atom stereocenters. The summed E-state index contributed by atoms with van der Waals surface area (Å²) in [6.07, 6.45) is 2.51. The van der Waals surface area contributed by atoms with E-state index in [2.05, 4.69) is 61.2 Å². The minimum Gasteiger partial charge on any atom is -0.487 e. The molecule has 1 aliphatic heterocycles. The molecule has 240 valence electrons. The van der Waals surface area contributed by atoms with E-state index in [9.17, 15) is 4.79 Å². The third-order valence-electron chi connectivity index (χ3n) is 7.79. The van der Waals surface area contributed by atoms with Crippen LogP contribution in [0.15, 0.2) is 71.8 Å². The third kappa shape index (κ3) is 9.10. The molecule has 0 radical (unpaired) electrons. The topological polar surface area (TPSA) is 91.8 Å². The van der Waals surface area contributed by atoms with E-state index in [1.807, 2.05) is 48.2 Å². The zero-order valence-corrected chi connectivity index (χ0v) is 28.0. The van der Waals surface area contributed by atoms with Gasteiger partial charge in [-0.15, -0.1) is 11.8 Å². The molecule has 0 atom stereocenters. The maximum atomic E-state index is 11.7. The highest BCUT2D eigenvalue weighted by Crippen LogP contribution is 2.43. The lowest BCUT2D eigenvalue weighted by atomic mass is 10.0. The Bertz CT molecular complexity index is 1570. The van der Waals surface area contributed by atoms with Gasteiger partial charge in [-0.2, -0.15) is 0 Å². The molecule has 0 saturated carbocycles. The zero-order valence-electron chi connectivity index (χ0n) is 27.2. The average molecular weight is 631 g/mol. The number of morpholine rings is 1. The van der Waals surface area contributed by atoms with Crippen molar-refractivity contribution in [1.82, 2.24) is 14.5 Å². The number of benzene rings is 2. The number of nitrogens with two attached hydrogens (primary N) is 1. The summed E-state index contributed by atoms with van der Waals surface area (Å²) in [6.45, 7) is 17.2. The number of ether oxygens (including phenoxy) is 3. The lowest BCUT2D eigenvalue weighted by Gasteiger charge is -2.31. The van der Waals surface area contributed by atoms with E-state index < -0.39 is 11.5 Å². The van der Waals surface area contributed by atoms with Gasteiger partial charge in [-0.05, 0) is 61.9 Å². The lowest BCUT2D eigenvalue weighted by Crippen LogP contribution is -2.40. The molecule has 9 heteroatoms. The molecule has 1 amide bonds. The molecule has 1 aliphatic rings. The first kappa shape index (κ1) is 33.0. The number of aromatic nitrogens is 2. The van der Waals surface area contributed by atoms with Crippen LogP contribution in [0.5, 0.6) is 5.75 Å². The molecule has 3 heterocycles. The van der Waals surface area contributed by atoms with Crippen molar-refractivity contribution in [2.45, 2.75) is 69.4 Å². The van der Waals surface area contributed by atoms with Crippen molar-refractivity contribution in [3.63, 3.8) is 0 Å². The Hall–Kier alpha value is -3.37. The molecule has 1 saturated heterocycles. The van der Waals surface area contributed by atoms with Crippen LogP contribution in [-0.2, 0) is 29.0 Å². The van der Waals surface area contributed by atoms with Crippen LogP contribution in [-0.4, -0.2) is 70.2 Å². The zero-order chi connectivity index (χ0) is 32.0. The van der Waals surface area contributed by atoms with Gasteiger partial charge in [0.25, 0.3) is 0 Å². The third-order valence-corrected chi connectivity index (χ3v) is 9.06. The molecule has 4 aromatic rings. The highest BCUT2D eigenvalue weighted by Gasteiger charge is 2.29. The molecule has 2 aromatic carbocycles. The number of amides is 1. The van der Waals surface area contributed by atoms with Gasteiger partial charge >= 0.3 is 0 Å². The van der Waals surface area contributed by atoms with Crippen LogP contribution in [0.1, 0.15) is 61.9 Å². The van der Waals surface area contributed by atoms with Gasteiger partial charge in [-0.3, -0.25) is 14.7 Å². The highest BCUT2D eigenvalue weighted by atomic mass is 32.2. The van der Waals surface area contributed by atoms with Crippen LogP contribution in [0.25, 0.3) is 10.9 Å². The van der Waals surface area contributed by atoms with Crippen molar-refractivity contribution in [2.75, 3.05) is 39.5 Å². The van der Waals surface area contributed by atoms with Crippen LogP contribution >= 0.6 is 11.8 Å². The summed E-state index contributed by atoms with van der Waals surface area (Å²) in [5, 5.41) is 1.15. The first-order valence-electron chi connectivity index (χ1n) is 15.7. The van der Waals surface area contributed by atoms with E-state index in [0.717, 1.165) is 67.2 Å². The number of pyridine rings is 1. The molecule has 45 heavy (non-hydrogen) atoms. The Labute approximate surface area is 271 Å². The first-order valence-corrected chi connectivity index (χ1v) is 16.5. The highest BCUT2D eigenvalue weighted by molar-refractivity contribution is 8.00. The number of fused-ring (bicyclic) bond motifs is 1. The monoisotopic (exact) mass is 630 g/mol. The summed E-state index contributed by atoms with van der Waals surface area (Å²) >= 11 is 1.88. The molecule has 1 fully saturated rings. The fourth-order valence-electron chi connectivity index (χ4n) is 5.55. The average Bonchev–Trinajstić information content (AvgIpc) is 3.26. The fourth-order valence-corrected chi connectivity index (χ4v) is 6.74. The van der Waals surface area contributed by atoms with E-state index >= 15 is 0 Å². The second kappa shape index (κ2) is 14.4. The van der Waals surface area contributed by atoms with Gasteiger partial charge in [0, 0.05) is 70.6 Å². The van der Waals surface area contributed by atoms with Crippen LogP contribution < -0.4 is 10.5 Å². The number of hydrogen-bond acceptors (Lipinski definition) is 7. The minimum atomic E-state index is -0.424. The number of carbonyl (C=O) groups is 1. The summed E-state index contributed by atoms with van der Waals surface area (Å²) in [7, 11) is 0. The minimum absolute atomic E-state index is 0.0247. The van der Waals surface area contributed by atoms with Gasteiger partial charge in [0.05, 0.1) is 31.1 Å². The predicted octanol–water partition coefficient (Wildman–Crippen LogP) is 6.32. The second-order valence-electron chi connectivity index (χ2n) is 13.2. The molecule has 0 aliphatic carbocycles. The number of carbonyl (C=O) groups excluding carboxylic acids is 1. The lowest BCUT2D eigenvalue weighted by molar-refractivity contribution is -0.0390. The Morgan fingerprint density at radius 3 is 2.44 bits per heavy atom. The molecular weight excluding hydrogens is 584 g/mol. The largest absolute Gasteiger partial charge is 0.487 e. The van der Waals surface area contributed by atoms with E-state index in [-0.39, 0.29) is 4.75 Å². The van der Waals surface area contributed by atoms with Crippen LogP contribution in [0.2, 0.25) is 0 Å². The summed E-state index contributed by atoms with van der Waals surface area (Å²) in [5.41, 5.74) is 9.95. The van der Waals surface area contributed by atoms with E-state index in [4.69, 9.17) is 19.9 Å². The standard InChI is InChI=1S/C36H46N4O4S/c1-35(2,3)45-33-30-22-29(43-25-28-8-6-7-15-38-28)13-14-31(30)40(24-26-9-11-27(12-10-26)34(37)41)32(33)23-36(4,5)44-21-18-39-16-19-42-20-17-39/h6-15,22H,16-21,23-25H2,1-5H3,(H2,37,41). The van der Waals surface area contributed by atoms with Crippen molar-refractivity contribution in [3.05, 3.63) is 89.4 Å². The van der Waals surface area contributed by atoms with Gasteiger partial charge in [-0.1, -0.05) is 39.0 Å². The van der Waals surface area contributed by atoms with Crippen LogP contribution in [0.3, 0.4) is 0 Å². The molecule has 0 spiro atoms. The van der Waals surface area contributed by atoms with Crippen molar-refractivity contribution in [2.24, 2.45) is 5.73 Å². The van der Waals surface area contributed by atoms with Crippen molar-refractivity contribution >= 4 is 28.6 Å².